The molecule has 2 heterocycles. The zero-order valence-electron chi connectivity index (χ0n) is 17.4. The summed E-state index contributed by atoms with van der Waals surface area (Å²) in [4.78, 5) is 8.80. The van der Waals surface area contributed by atoms with Crippen LogP contribution >= 0.6 is 0 Å². The fraction of sp³-hybridized carbons (Fsp3) is 0.348. The van der Waals surface area contributed by atoms with Crippen molar-refractivity contribution in [1.82, 2.24) is 9.97 Å². The molecule has 0 fully saturated rings. The Morgan fingerprint density at radius 2 is 1.96 bits per heavy atom. The number of fused-ring (bicyclic) bond motifs is 1. The van der Waals surface area contributed by atoms with Gasteiger partial charge in [0.1, 0.15) is 5.82 Å². The van der Waals surface area contributed by atoms with E-state index in [4.69, 9.17) is 11.1 Å². The van der Waals surface area contributed by atoms with E-state index in [1.54, 1.807) is 12.4 Å². The van der Waals surface area contributed by atoms with Crippen LogP contribution < -0.4 is 5.73 Å². The fourth-order valence-corrected chi connectivity index (χ4v) is 3.26. The molecule has 2 rings (SSSR count). The second-order valence-corrected chi connectivity index (χ2v) is 6.90. The highest BCUT2D eigenvalue weighted by Gasteiger charge is 2.13. The summed E-state index contributed by atoms with van der Waals surface area (Å²) >= 11 is 0. The number of nitrogens with one attached hydrogen (secondary N) is 1. The average Bonchev–Trinajstić information content (AvgIpc) is 2.71. The molecule has 0 bridgehead atoms. The van der Waals surface area contributed by atoms with E-state index < -0.39 is 6.10 Å². The third kappa shape index (κ3) is 4.37. The number of hydrogen-bond donors (Lipinski definition) is 3. The molecule has 5 nitrogen and oxygen atoms in total. The number of nitrogen functional groups attached to an aromatic ring is 1. The van der Waals surface area contributed by atoms with E-state index in [2.05, 4.69) is 29.9 Å². The van der Waals surface area contributed by atoms with E-state index in [1.807, 2.05) is 32.9 Å². The van der Waals surface area contributed by atoms with Crippen LogP contribution in [0.15, 0.2) is 47.3 Å². The first kappa shape index (κ1) is 21.5. The van der Waals surface area contributed by atoms with E-state index in [0.717, 1.165) is 39.6 Å². The summed E-state index contributed by atoms with van der Waals surface area (Å²) in [5, 5.41) is 19.7. The number of aliphatic hydroxyl groups excluding tert-OH is 1. The van der Waals surface area contributed by atoms with Crippen molar-refractivity contribution in [2.24, 2.45) is 0 Å². The molecule has 0 saturated heterocycles. The summed E-state index contributed by atoms with van der Waals surface area (Å²) < 4.78 is 0. The van der Waals surface area contributed by atoms with E-state index in [1.165, 1.54) is 11.8 Å². The van der Waals surface area contributed by atoms with Crippen LogP contribution in [0.25, 0.3) is 16.3 Å². The van der Waals surface area contributed by atoms with Crippen molar-refractivity contribution in [2.75, 3.05) is 5.73 Å². The standard InChI is InChI=1S/C23H30N4O/c1-6-14(4)18(22(28)8-3)9-15(5)17(7-2)21-10-16-12-27-23(25)19(11-24)20(16)13-26-21/h7,9-13,22,24,28H,6,8H2,1-5H3,(H2,25,27)/b15-9-,17-7+,18-14-,24-11?. The Labute approximate surface area is 167 Å². The van der Waals surface area contributed by atoms with E-state index in [9.17, 15) is 5.11 Å². The van der Waals surface area contributed by atoms with Crippen LogP contribution in [0.2, 0.25) is 0 Å². The van der Waals surface area contributed by atoms with Gasteiger partial charge in [-0.1, -0.05) is 31.6 Å². The molecule has 0 spiro atoms. The summed E-state index contributed by atoms with van der Waals surface area (Å²) in [7, 11) is 0. The van der Waals surface area contributed by atoms with Gasteiger partial charge in [-0.25, -0.2) is 4.98 Å². The Bertz CT molecular complexity index is 970. The van der Waals surface area contributed by atoms with Crippen molar-refractivity contribution in [2.45, 2.75) is 53.6 Å². The highest BCUT2D eigenvalue weighted by atomic mass is 16.3. The van der Waals surface area contributed by atoms with Gasteiger partial charge < -0.3 is 16.2 Å². The Morgan fingerprint density at radius 1 is 1.25 bits per heavy atom. The van der Waals surface area contributed by atoms with E-state index in [0.29, 0.717) is 17.8 Å². The monoisotopic (exact) mass is 378 g/mol. The third-order valence-corrected chi connectivity index (χ3v) is 5.12. The summed E-state index contributed by atoms with van der Waals surface area (Å²) in [5.74, 6) is 0.331. The maximum absolute atomic E-state index is 10.4. The van der Waals surface area contributed by atoms with Gasteiger partial charge in [0.2, 0.25) is 0 Å². The van der Waals surface area contributed by atoms with Crippen LogP contribution in [0.3, 0.4) is 0 Å². The first-order valence-electron chi connectivity index (χ1n) is 9.65. The average molecular weight is 379 g/mol. The number of aliphatic hydroxyl groups is 1. The molecule has 1 atom stereocenters. The summed E-state index contributed by atoms with van der Waals surface area (Å²) in [6.45, 7) is 10.2. The number of pyridine rings is 2. The zero-order valence-corrected chi connectivity index (χ0v) is 17.4. The van der Waals surface area contributed by atoms with Gasteiger partial charge in [-0.05, 0) is 56.4 Å². The van der Waals surface area contributed by atoms with Gasteiger partial charge in [0, 0.05) is 34.9 Å². The molecule has 28 heavy (non-hydrogen) atoms. The largest absolute Gasteiger partial charge is 0.388 e. The lowest BCUT2D eigenvalue weighted by molar-refractivity contribution is 0.209. The first-order valence-corrected chi connectivity index (χ1v) is 9.65. The lowest BCUT2D eigenvalue weighted by Crippen LogP contribution is -2.09. The number of aromatic nitrogens is 2. The minimum absolute atomic E-state index is 0.331. The number of nitrogens with two attached hydrogens (primary N) is 1. The smallest absolute Gasteiger partial charge is 0.132 e. The molecule has 0 aliphatic heterocycles. The lowest BCUT2D eigenvalue weighted by Gasteiger charge is -2.16. The van der Waals surface area contributed by atoms with E-state index >= 15 is 0 Å². The van der Waals surface area contributed by atoms with Gasteiger partial charge in [0.15, 0.2) is 0 Å². The van der Waals surface area contributed by atoms with Crippen LogP contribution in [-0.4, -0.2) is 27.4 Å². The van der Waals surface area contributed by atoms with Crippen LogP contribution in [0.1, 0.15) is 58.7 Å². The van der Waals surface area contributed by atoms with Crippen molar-refractivity contribution in [3.63, 3.8) is 0 Å². The molecule has 2 aromatic rings. The predicted molar refractivity (Wildman–Crippen MR) is 119 cm³/mol. The number of anilines is 1. The Hall–Kier alpha value is -2.79. The molecule has 0 amide bonds. The van der Waals surface area contributed by atoms with Crippen molar-refractivity contribution < 1.29 is 5.11 Å². The highest BCUT2D eigenvalue weighted by Crippen LogP contribution is 2.28. The summed E-state index contributed by atoms with van der Waals surface area (Å²) in [5.41, 5.74) is 11.5. The summed E-state index contributed by atoms with van der Waals surface area (Å²) in [6.07, 6.45) is 9.87. The molecular formula is C23H30N4O. The van der Waals surface area contributed by atoms with Crippen LogP contribution in [0.4, 0.5) is 5.82 Å². The molecule has 0 radical (unpaired) electrons. The van der Waals surface area contributed by atoms with Crippen LogP contribution in [0, 0.1) is 5.41 Å². The Kier molecular flexibility index (Phi) is 7.24. The number of rotatable bonds is 7. The third-order valence-electron chi connectivity index (χ3n) is 5.12. The molecular weight excluding hydrogens is 348 g/mol. The van der Waals surface area contributed by atoms with Gasteiger partial charge in [-0.15, -0.1) is 0 Å². The molecule has 2 aromatic heterocycles. The molecule has 0 aromatic carbocycles. The summed E-state index contributed by atoms with van der Waals surface area (Å²) in [6, 6.07) is 1.97. The van der Waals surface area contributed by atoms with Crippen LogP contribution in [0.5, 0.6) is 0 Å². The second kappa shape index (κ2) is 9.42. The van der Waals surface area contributed by atoms with Gasteiger partial charge in [0.25, 0.3) is 0 Å². The number of hydrogen-bond acceptors (Lipinski definition) is 5. The molecule has 5 heteroatoms. The normalized spacial score (nSPS) is 14.8. The molecule has 0 aliphatic rings. The molecule has 1 unspecified atom stereocenters. The topological polar surface area (TPSA) is 95.9 Å². The van der Waals surface area contributed by atoms with Gasteiger partial charge in [-0.2, -0.15) is 0 Å². The van der Waals surface area contributed by atoms with Crippen molar-refractivity contribution in [3.05, 3.63) is 58.6 Å². The SMILES string of the molecule is C\C=C(/C(C)=C\C(=C(/C)CC)C(O)CC)c1cc2cnc(N)c(C=N)c2cn1. The maximum Gasteiger partial charge on any atom is 0.132 e. The van der Waals surface area contributed by atoms with Crippen molar-refractivity contribution >= 4 is 28.4 Å². The van der Waals surface area contributed by atoms with Crippen molar-refractivity contribution in [1.29, 1.82) is 5.41 Å². The number of nitrogens with zero attached hydrogens (tertiary/aromatic N) is 2. The molecule has 148 valence electrons. The van der Waals surface area contributed by atoms with Gasteiger partial charge in [0.05, 0.1) is 11.8 Å². The highest BCUT2D eigenvalue weighted by molar-refractivity contribution is 6.02. The molecule has 4 N–H and O–H groups in total. The fourth-order valence-electron chi connectivity index (χ4n) is 3.26. The Morgan fingerprint density at radius 3 is 2.54 bits per heavy atom. The molecule has 0 saturated carbocycles. The second-order valence-electron chi connectivity index (χ2n) is 6.90. The van der Waals surface area contributed by atoms with Gasteiger partial charge >= 0.3 is 0 Å². The quantitative estimate of drug-likeness (QED) is 0.463. The van der Waals surface area contributed by atoms with Crippen LogP contribution in [-0.2, 0) is 0 Å². The predicted octanol–water partition coefficient (Wildman–Crippen LogP) is 5.06. The number of allylic oxidation sites excluding steroid dienone is 4. The lowest BCUT2D eigenvalue weighted by atomic mass is 9.94. The maximum atomic E-state index is 10.4. The Balaban J connectivity index is 2.55. The molecule has 0 aliphatic carbocycles. The van der Waals surface area contributed by atoms with Crippen molar-refractivity contribution in [3.8, 4) is 0 Å². The van der Waals surface area contributed by atoms with Gasteiger partial charge in [-0.3, -0.25) is 4.98 Å². The zero-order chi connectivity index (χ0) is 20.8. The van der Waals surface area contributed by atoms with E-state index in [-0.39, 0.29) is 0 Å². The first-order chi connectivity index (χ1) is 13.4. The minimum Gasteiger partial charge on any atom is -0.388 e. The minimum atomic E-state index is -0.472.